The molecule has 0 amide bonds. The van der Waals surface area contributed by atoms with Crippen molar-refractivity contribution in [1.29, 1.82) is 0 Å². The molecule has 0 aliphatic heterocycles. The lowest BCUT2D eigenvalue weighted by Crippen LogP contribution is -1.83. The number of fused-ring (bicyclic) bond motifs is 1. The van der Waals surface area contributed by atoms with E-state index >= 15 is 0 Å². The highest BCUT2D eigenvalue weighted by Crippen LogP contribution is 2.24. The van der Waals surface area contributed by atoms with Crippen molar-refractivity contribution in [2.45, 2.75) is 26.7 Å². The Labute approximate surface area is 150 Å². The molecule has 1 nitrogen and oxygen atoms in total. The van der Waals surface area contributed by atoms with Crippen LogP contribution in [0.15, 0.2) is 84.9 Å². The Balaban J connectivity index is 0.000000173. The van der Waals surface area contributed by atoms with Crippen LogP contribution in [-0.4, -0.2) is 4.98 Å². The third-order valence-electron chi connectivity index (χ3n) is 4.36. The fraction of sp³-hybridized carbons (Fsp3) is 0.167. The zero-order chi connectivity index (χ0) is 17.6. The summed E-state index contributed by atoms with van der Waals surface area (Å²) in [6, 6.07) is 29.6. The number of para-hydroxylation sites is 1. The molecule has 0 unspecified atom stereocenters. The first kappa shape index (κ1) is 17.0. The van der Waals surface area contributed by atoms with E-state index in [4.69, 9.17) is 0 Å². The van der Waals surface area contributed by atoms with Gasteiger partial charge in [0.2, 0.25) is 0 Å². The van der Waals surface area contributed by atoms with Gasteiger partial charge in [0, 0.05) is 16.6 Å². The summed E-state index contributed by atoms with van der Waals surface area (Å²) in [6.07, 6.45) is 0. The summed E-state index contributed by atoms with van der Waals surface area (Å²) in [5, 5.41) is 1.26. The van der Waals surface area contributed by atoms with E-state index in [-0.39, 0.29) is 0 Å². The van der Waals surface area contributed by atoms with Crippen molar-refractivity contribution < 1.29 is 0 Å². The smallest absolute Gasteiger partial charge is 0.0464 e. The van der Waals surface area contributed by atoms with Crippen LogP contribution in [0.25, 0.3) is 22.2 Å². The molecule has 0 atom stereocenters. The van der Waals surface area contributed by atoms with E-state index in [9.17, 15) is 0 Å². The van der Waals surface area contributed by atoms with Crippen LogP contribution >= 0.6 is 0 Å². The maximum Gasteiger partial charge on any atom is 0.0464 e. The van der Waals surface area contributed by atoms with Gasteiger partial charge in [-0.3, -0.25) is 0 Å². The summed E-state index contributed by atoms with van der Waals surface area (Å²) in [5.41, 5.74) is 6.32. The summed E-state index contributed by atoms with van der Waals surface area (Å²) >= 11 is 0. The number of aromatic amines is 1. The Hall–Kier alpha value is -2.80. The van der Waals surface area contributed by atoms with Crippen LogP contribution in [0.1, 0.15) is 30.9 Å². The Kier molecular flexibility index (Phi) is 5.35. The van der Waals surface area contributed by atoms with Gasteiger partial charge in [-0.05, 0) is 36.1 Å². The fourth-order valence-corrected chi connectivity index (χ4v) is 2.80. The van der Waals surface area contributed by atoms with E-state index < -0.39 is 0 Å². The maximum atomic E-state index is 3.43. The molecule has 0 saturated carbocycles. The zero-order valence-corrected chi connectivity index (χ0v) is 15.2. The van der Waals surface area contributed by atoms with Crippen LogP contribution < -0.4 is 0 Å². The first-order valence-corrected chi connectivity index (χ1v) is 8.83. The number of H-pyrrole nitrogens is 1. The van der Waals surface area contributed by atoms with Crippen molar-refractivity contribution in [1.82, 2.24) is 4.98 Å². The summed E-state index contributed by atoms with van der Waals surface area (Å²) in [5.74, 6) is 0.659. The fourth-order valence-electron chi connectivity index (χ4n) is 2.80. The molecule has 0 radical (unpaired) electrons. The molecular weight excluding hydrogens is 302 g/mol. The van der Waals surface area contributed by atoms with E-state index in [2.05, 4.69) is 105 Å². The molecule has 1 heterocycles. The van der Waals surface area contributed by atoms with Gasteiger partial charge < -0.3 is 4.98 Å². The maximum absolute atomic E-state index is 3.43. The average Bonchev–Trinajstić information content (AvgIpc) is 3.08. The molecule has 0 fully saturated rings. The highest BCUT2D eigenvalue weighted by atomic mass is 14.7. The van der Waals surface area contributed by atoms with Crippen molar-refractivity contribution in [2.75, 3.05) is 0 Å². The third kappa shape index (κ3) is 4.39. The average molecular weight is 327 g/mol. The van der Waals surface area contributed by atoms with E-state index in [1.54, 1.807) is 0 Å². The summed E-state index contributed by atoms with van der Waals surface area (Å²) in [6.45, 7) is 6.51. The molecule has 25 heavy (non-hydrogen) atoms. The van der Waals surface area contributed by atoms with Gasteiger partial charge in [-0.25, -0.2) is 0 Å². The van der Waals surface area contributed by atoms with Crippen LogP contribution in [-0.2, 0) is 0 Å². The monoisotopic (exact) mass is 327 g/mol. The van der Waals surface area contributed by atoms with Crippen molar-refractivity contribution in [3.8, 4) is 11.3 Å². The van der Waals surface area contributed by atoms with E-state index in [1.165, 1.54) is 33.3 Å². The quantitative estimate of drug-likeness (QED) is 0.410. The molecule has 126 valence electrons. The van der Waals surface area contributed by atoms with Gasteiger partial charge in [0.15, 0.2) is 0 Å². The number of nitrogens with one attached hydrogen (secondary N) is 1. The number of aromatic nitrogens is 1. The second-order valence-electron chi connectivity index (χ2n) is 6.70. The largest absolute Gasteiger partial charge is 0.355 e. The SMILES string of the molecule is CC(C)c1ccccc1.Cc1ccc(-c2cc3ccccc3[nH]2)cc1. The van der Waals surface area contributed by atoms with E-state index in [0.29, 0.717) is 5.92 Å². The summed E-state index contributed by atoms with van der Waals surface area (Å²) in [7, 11) is 0. The highest BCUT2D eigenvalue weighted by molar-refractivity contribution is 5.85. The predicted octanol–water partition coefficient (Wildman–Crippen LogP) is 6.95. The molecular formula is C24H25N. The second-order valence-corrected chi connectivity index (χ2v) is 6.70. The molecule has 0 bridgehead atoms. The van der Waals surface area contributed by atoms with Crippen LogP contribution in [0.3, 0.4) is 0 Å². The van der Waals surface area contributed by atoms with Crippen LogP contribution in [0.2, 0.25) is 0 Å². The third-order valence-corrected chi connectivity index (χ3v) is 4.36. The minimum absolute atomic E-state index is 0.659. The van der Waals surface area contributed by atoms with Crippen molar-refractivity contribution in [3.05, 3.63) is 96.1 Å². The molecule has 0 aliphatic carbocycles. The zero-order valence-electron chi connectivity index (χ0n) is 15.2. The number of hydrogen-bond donors (Lipinski definition) is 1. The molecule has 1 heteroatoms. The molecule has 4 aromatic rings. The van der Waals surface area contributed by atoms with Gasteiger partial charge in [-0.15, -0.1) is 0 Å². The lowest BCUT2D eigenvalue weighted by Gasteiger charge is -2.01. The molecule has 0 saturated heterocycles. The number of benzene rings is 3. The normalized spacial score (nSPS) is 10.6. The lowest BCUT2D eigenvalue weighted by atomic mass is 10.0. The van der Waals surface area contributed by atoms with Crippen LogP contribution in [0, 0.1) is 6.92 Å². The van der Waals surface area contributed by atoms with Crippen molar-refractivity contribution in [3.63, 3.8) is 0 Å². The topological polar surface area (TPSA) is 15.8 Å². The van der Waals surface area contributed by atoms with Gasteiger partial charge in [0.1, 0.15) is 0 Å². The van der Waals surface area contributed by atoms with Crippen molar-refractivity contribution in [2.24, 2.45) is 0 Å². The van der Waals surface area contributed by atoms with Gasteiger partial charge >= 0.3 is 0 Å². The highest BCUT2D eigenvalue weighted by Gasteiger charge is 2.01. The van der Waals surface area contributed by atoms with E-state index in [0.717, 1.165) is 0 Å². The number of hydrogen-bond acceptors (Lipinski definition) is 0. The molecule has 0 spiro atoms. The lowest BCUT2D eigenvalue weighted by molar-refractivity contribution is 0.867. The first-order valence-electron chi connectivity index (χ1n) is 8.83. The van der Waals surface area contributed by atoms with E-state index in [1.807, 2.05) is 6.07 Å². The Morgan fingerprint density at radius 1 is 0.720 bits per heavy atom. The molecule has 4 rings (SSSR count). The number of aryl methyl sites for hydroxylation is 1. The Morgan fingerprint density at radius 3 is 1.96 bits per heavy atom. The Morgan fingerprint density at radius 2 is 1.36 bits per heavy atom. The van der Waals surface area contributed by atoms with Crippen molar-refractivity contribution >= 4 is 10.9 Å². The van der Waals surface area contributed by atoms with Crippen LogP contribution in [0.4, 0.5) is 0 Å². The minimum Gasteiger partial charge on any atom is -0.355 e. The van der Waals surface area contributed by atoms with Gasteiger partial charge in [-0.1, -0.05) is 92.2 Å². The summed E-state index contributed by atoms with van der Waals surface area (Å²) < 4.78 is 0. The number of rotatable bonds is 2. The molecule has 3 aromatic carbocycles. The molecule has 1 N–H and O–H groups in total. The van der Waals surface area contributed by atoms with Gasteiger partial charge in [0.25, 0.3) is 0 Å². The minimum atomic E-state index is 0.659. The Bertz CT molecular complexity index is 882. The summed E-state index contributed by atoms with van der Waals surface area (Å²) in [4.78, 5) is 3.43. The molecule has 0 aliphatic rings. The predicted molar refractivity (Wildman–Crippen MR) is 109 cm³/mol. The van der Waals surface area contributed by atoms with Gasteiger partial charge in [-0.2, -0.15) is 0 Å². The second kappa shape index (κ2) is 7.85. The first-order chi connectivity index (χ1) is 12.1. The molecule has 1 aromatic heterocycles. The van der Waals surface area contributed by atoms with Gasteiger partial charge in [0.05, 0.1) is 0 Å². The standard InChI is InChI=1S/C15H13N.C9H12/c1-11-6-8-12(9-7-11)15-10-13-4-2-3-5-14(13)16-15;1-8(2)9-6-4-3-5-7-9/h2-10,16H,1H3;3-8H,1-2H3. The van der Waals surface area contributed by atoms with Crippen LogP contribution in [0.5, 0.6) is 0 Å².